The van der Waals surface area contributed by atoms with E-state index in [9.17, 15) is 52.7 Å². The fourth-order valence-corrected chi connectivity index (χ4v) is 4.89. The molecule has 16 heteroatoms. The van der Waals surface area contributed by atoms with E-state index in [1.165, 1.54) is 12.1 Å². The van der Waals surface area contributed by atoms with E-state index < -0.39 is 65.2 Å². The fourth-order valence-electron chi connectivity index (χ4n) is 4.89. The Bertz CT molecular complexity index is 1570. The Morgan fingerprint density at radius 1 is 0.447 bits per heavy atom. The van der Waals surface area contributed by atoms with Crippen molar-refractivity contribution in [1.82, 2.24) is 0 Å². The topological polar surface area (TPSA) is 70.5 Å². The molecule has 0 amide bonds. The van der Waals surface area contributed by atoms with Gasteiger partial charge in [0.05, 0.1) is 12.8 Å². The van der Waals surface area contributed by atoms with E-state index in [4.69, 9.17) is 20.9 Å². The first-order valence-electron chi connectivity index (χ1n) is 13.2. The molecule has 4 N–H and O–H groups in total. The number of anilines is 2. The van der Waals surface area contributed by atoms with Gasteiger partial charge in [-0.3, -0.25) is 0 Å². The van der Waals surface area contributed by atoms with Gasteiger partial charge in [0.25, 0.3) is 0 Å². The summed E-state index contributed by atoms with van der Waals surface area (Å²) in [4.78, 5) is 0. The van der Waals surface area contributed by atoms with E-state index in [2.05, 4.69) is 0 Å². The summed E-state index contributed by atoms with van der Waals surface area (Å²) in [5, 5.41) is 0. The molecule has 0 heterocycles. The predicted octanol–water partition coefficient (Wildman–Crippen LogP) is 10.1. The Morgan fingerprint density at radius 2 is 0.766 bits per heavy atom. The Kier molecular flexibility index (Phi) is 9.30. The predicted molar refractivity (Wildman–Crippen MR) is 147 cm³/mol. The lowest BCUT2D eigenvalue weighted by Gasteiger charge is -2.38. The first kappa shape index (κ1) is 35.1. The zero-order valence-corrected chi connectivity index (χ0v) is 23.5. The lowest BCUT2D eigenvalue weighted by Crippen LogP contribution is -2.54. The second-order valence-corrected chi connectivity index (χ2v) is 10.3. The Balaban J connectivity index is 1.71. The monoisotopic (exact) mass is 682 g/mol. The number of hydrogen-bond acceptors (Lipinski definition) is 4. The standard InChI is InChI=1S/C31H22F12N2O2/c32-27(33,34)15-17-13-21(44)5-11-25(17)46-23-7-1-19(2-8-23)29(30(38,39)40,31(41,42)43)20-3-9-24(10-4-20)47-26-12-6-22(45)14-18(26)16-28(35,36)37/h1-14H,15-16,44-45H2. The van der Waals surface area contributed by atoms with E-state index in [1.807, 2.05) is 0 Å². The number of ether oxygens (including phenoxy) is 2. The quantitative estimate of drug-likeness (QED) is 0.143. The second kappa shape index (κ2) is 12.4. The maximum absolute atomic E-state index is 14.6. The first-order chi connectivity index (χ1) is 21.6. The molecule has 0 aliphatic heterocycles. The average molecular weight is 683 g/mol. The summed E-state index contributed by atoms with van der Waals surface area (Å²) in [6.45, 7) is 0. The van der Waals surface area contributed by atoms with E-state index in [1.54, 1.807) is 0 Å². The van der Waals surface area contributed by atoms with Crippen LogP contribution in [0.15, 0.2) is 84.9 Å². The summed E-state index contributed by atoms with van der Waals surface area (Å²) in [7, 11) is 0. The van der Waals surface area contributed by atoms with Crippen LogP contribution >= 0.6 is 0 Å². The van der Waals surface area contributed by atoms with Crippen LogP contribution in [0.3, 0.4) is 0 Å². The van der Waals surface area contributed by atoms with Crippen LogP contribution in [-0.4, -0.2) is 24.7 Å². The zero-order chi connectivity index (χ0) is 35.0. The van der Waals surface area contributed by atoms with E-state index in [-0.39, 0.29) is 34.4 Å². The third kappa shape index (κ3) is 7.97. The zero-order valence-electron chi connectivity index (χ0n) is 23.5. The van der Waals surface area contributed by atoms with Crippen molar-refractivity contribution in [2.24, 2.45) is 0 Å². The first-order valence-corrected chi connectivity index (χ1v) is 13.2. The van der Waals surface area contributed by atoms with Gasteiger partial charge in [-0.25, -0.2) is 0 Å². The smallest absolute Gasteiger partial charge is 0.411 e. The van der Waals surface area contributed by atoms with Crippen LogP contribution < -0.4 is 20.9 Å². The van der Waals surface area contributed by atoms with Crippen molar-refractivity contribution < 1.29 is 62.2 Å². The summed E-state index contributed by atoms with van der Waals surface area (Å²) in [6.07, 6.45) is -24.3. The largest absolute Gasteiger partial charge is 0.457 e. The molecule has 0 fully saturated rings. The van der Waals surface area contributed by atoms with Crippen LogP contribution in [0, 0.1) is 0 Å². The van der Waals surface area contributed by atoms with Crippen molar-refractivity contribution in [3.8, 4) is 23.0 Å². The molecule has 4 rings (SSSR count). The normalized spacial score (nSPS) is 13.0. The van der Waals surface area contributed by atoms with E-state index in [0.29, 0.717) is 24.3 Å². The highest BCUT2D eigenvalue weighted by molar-refractivity contribution is 5.52. The third-order valence-corrected chi connectivity index (χ3v) is 6.83. The molecule has 0 spiro atoms. The van der Waals surface area contributed by atoms with E-state index in [0.717, 1.165) is 48.5 Å². The summed E-state index contributed by atoms with van der Waals surface area (Å²) in [5.74, 6) is -1.50. The molecule has 0 saturated carbocycles. The molecule has 0 radical (unpaired) electrons. The molecule has 0 bridgehead atoms. The summed E-state index contributed by atoms with van der Waals surface area (Å²) < 4.78 is 177. The molecular formula is C31H22F12N2O2. The maximum atomic E-state index is 14.6. The van der Waals surface area contributed by atoms with Gasteiger partial charge in [0, 0.05) is 22.5 Å². The van der Waals surface area contributed by atoms with Crippen molar-refractivity contribution in [1.29, 1.82) is 0 Å². The van der Waals surface area contributed by atoms with Crippen LogP contribution in [0.1, 0.15) is 22.3 Å². The SMILES string of the molecule is Nc1ccc(Oc2ccc(C(c3ccc(Oc4ccc(N)cc4CC(F)(F)F)cc3)(C(F)(F)F)C(F)(F)F)cc2)c(CC(F)(F)F)c1. The van der Waals surface area contributed by atoms with Gasteiger partial charge in [-0.2, -0.15) is 52.7 Å². The molecule has 0 aliphatic carbocycles. The summed E-state index contributed by atoms with van der Waals surface area (Å²) in [6, 6.07) is 11.3. The van der Waals surface area contributed by atoms with Crippen LogP contribution in [0.25, 0.3) is 0 Å². The molecule has 0 saturated heterocycles. The van der Waals surface area contributed by atoms with Crippen LogP contribution in [0.4, 0.5) is 64.1 Å². The number of nitrogen functional groups attached to an aromatic ring is 2. The van der Waals surface area contributed by atoms with Gasteiger partial charge in [-0.05, 0) is 71.8 Å². The second-order valence-electron chi connectivity index (χ2n) is 10.3. The number of hydrogen-bond donors (Lipinski definition) is 2. The summed E-state index contributed by atoms with van der Waals surface area (Å²) in [5.41, 5.74) is 2.90. The molecule has 0 aromatic heterocycles. The molecule has 252 valence electrons. The number of halogens is 12. The lowest BCUT2D eigenvalue weighted by molar-refractivity contribution is -0.288. The van der Waals surface area contributed by atoms with Crippen LogP contribution in [0.2, 0.25) is 0 Å². The van der Waals surface area contributed by atoms with Gasteiger partial charge in [-0.15, -0.1) is 0 Å². The Morgan fingerprint density at radius 3 is 1.04 bits per heavy atom. The highest BCUT2D eigenvalue weighted by Gasteiger charge is 2.72. The average Bonchev–Trinajstić information content (AvgIpc) is 2.90. The molecular weight excluding hydrogens is 660 g/mol. The van der Waals surface area contributed by atoms with Crippen molar-refractivity contribution in [3.05, 3.63) is 107 Å². The fraction of sp³-hybridized carbons (Fsp3) is 0.226. The number of nitrogens with two attached hydrogens (primary N) is 2. The van der Waals surface area contributed by atoms with Crippen molar-refractivity contribution in [2.45, 2.75) is 43.0 Å². The minimum atomic E-state index is -6.00. The molecule has 4 aromatic rings. The Labute approximate surface area is 258 Å². The molecule has 4 nitrogen and oxygen atoms in total. The number of benzene rings is 4. The Hall–Kier alpha value is -4.76. The third-order valence-electron chi connectivity index (χ3n) is 6.83. The lowest BCUT2D eigenvalue weighted by atomic mass is 9.73. The van der Waals surface area contributed by atoms with Gasteiger partial charge >= 0.3 is 24.7 Å². The van der Waals surface area contributed by atoms with Gasteiger partial charge in [-0.1, -0.05) is 24.3 Å². The van der Waals surface area contributed by atoms with Crippen molar-refractivity contribution in [2.75, 3.05) is 11.5 Å². The van der Waals surface area contributed by atoms with Crippen molar-refractivity contribution in [3.63, 3.8) is 0 Å². The highest BCUT2D eigenvalue weighted by atomic mass is 19.4. The maximum Gasteiger partial charge on any atom is 0.411 e. The van der Waals surface area contributed by atoms with Gasteiger partial charge in [0.15, 0.2) is 0 Å². The van der Waals surface area contributed by atoms with Gasteiger partial charge < -0.3 is 20.9 Å². The molecule has 0 aliphatic rings. The molecule has 0 unspecified atom stereocenters. The van der Waals surface area contributed by atoms with Gasteiger partial charge in [0.1, 0.15) is 23.0 Å². The van der Waals surface area contributed by atoms with Crippen LogP contribution in [-0.2, 0) is 18.3 Å². The van der Waals surface area contributed by atoms with Crippen LogP contribution in [0.5, 0.6) is 23.0 Å². The van der Waals surface area contributed by atoms with E-state index >= 15 is 0 Å². The minimum Gasteiger partial charge on any atom is -0.457 e. The molecule has 47 heavy (non-hydrogen) atoms. The molecule has 0 atom stereocenters. The number of alkyl halides is 12. The van der Waals surface area contributed by atoms with Gasteiger partial charge in [0.2, 0.25) is 5.41 Å². The minimum absolute atomic E-state index is 0.0429. The van der Waals surface area contributed by atoms with Crippen molar-refractivity contribution >= 4 is 11.4 Å². The highest BCUT2D eigenvalue weighted by Crippen LogP contribution is 2.56. The summed E-state index contributed by atoms with van der Waals surface area (Å²) >= 11 is 0. The molecule has 4 aromatic carbocycles. The number of rotatable bonds is 8.